The van der Waals surface area contributed by atoms with E-state index in [0.29, 0.717) is 12.0 Å². The summed E-state index contributed by atoms with van der Waals surface area (Å²) in [5, 5.41) is 3.45. The molecule has 0 amide bonds. The third-order valence-electron chi connectivity index (χ3n) is 2.70. The van der Waals surface area contributed by atoms with E-state index in [1.165, 1.54) is 11.3 Å². The summed E-state index contributed by atoms with van der Waals surface area (Å²) < 4.78 is 0. The van der Waals surface area contributed by atoms with Gasteiger partial charge in [0.25, 0.3) is 0 Å². The van der Waals surface area contributed by atoms with Crippen molar-refractivity contribution in [1.82, 2.24) is 0 Å². The van der Waals surface area contributed by atoms with Crippen LogP contribution in [0.5, 0.6) is 0 Å². The summed E-state index contributed by atoms with van der Waals surface area (Å²) in [4.78, 5) is 0. The van der Waals surface area contributed by atoms with Crippen LogP contribution in [0.1, 0.15) is 38.7 Å². The third-order valence-corrected chi connectivity index (χ3v) is 2.70. The van der Waals surface area contributed by atoms with Crippen molar-refractivity contribution in [2.45, 2.75) is 44.7 Å². The first-order valence-electron chi connectivity index (χ1n) is 5.59. The van der Waals surface area contributed by atoms with Gasteiger partial charge in [-0.3, -0.25) is 0 Å². The molecular formula is C13H20N2. The Bertz CT molecular complexity index is 335. The second-order valence-corrected chi connectivity index (χ2v) is 5.50. The van der Waals surface area contributed by atoms with Crippen LogP contribution in [0.2, 0.25) is 0 Å². The highest BCUT2D eigenvalue weighted by Gasteiger charge is 2.34. The molecule has 0 bridgehead atoms. The Labute approximate surface area is 91.9 Å². The molecule has 0 heterocycles. The largest absolute Gasteiger partial charge is 0.380 e. The molecule has 2 rings (SSSR count). The monoisotopic (exact) mass is 204 g/mol. The zero-order chi connectivity index (χ0) is 11.1. The van der Waals surface area contributed by atoms with Crippen molar-refractivity contribution in [3.8, 4) is 0 Å². The van der Waals surface area contributed by atoms with Gasteiger partial charge in [-0.1, -0.05) is 12.1 Å². The van der Waals surface area contributed by atoms with Crippen molar-refractivity contribution >= 4 is 5.69 Å². The number of nitrogens with one attached hydrogen (secondary N) is 1. The number of hydrogen-bond donors (Lipinski definition) is 2. The summed E-state index contributed by atoms with van der Waals surface area (Å²) >= 11 is 0. The van der Waals surface area contributed by atoms with Gasteiger partial charge in [0.15, 0.2) is 0 Å². The second kappa shape index (κ2) is 3.53. The fraction of sp³-hybridized carbons (Fsp3) is 0.538. The maximum atomic E-state index is 5.82. The average Bonchev–Trinajstić information content (AvgIpc) is 2.81. The predicted octanol–water partition coefficient (Wildman–Crippen LogP) is 2.71. The average molecular weight is 204 g/mol. The zero-order valence-corrected chi connectivity index (χ0v) is 9.75. The van der Waals surface area contributed by atoms with Crippen molar-refractivity contribution < 1.29 is 0 Å². The van der Waals surface area contributed by atoms with Crippen molar-refractivity contribution in [3.05, 3.63) is 29.8 Å². The summed E-state index contributed by atoms with van der Waals surface area (Å²) in [5.41, 5.74) is 8.50. The van der Waals surface area contributed by atoms with Gasteiger partial charge in [-0.05, 0) is 44.9 Å². The minimum atomic E-state index is 0.123. The lowest BCUT2D eigenvalue weighted by Gasteiger charge is -2.22. The molecule has 1 aromatic carbocycles. The van der Waals surface area contributed by atoms with Crippen LogP contribution in [0.4, 0.5) is 5.69 Å². The first-order chi connectivity index (χ1) is 6.96. The summed E-state index contributed by atoms with van der Waals surface area (Å²) in [6.07, 6.45) is 1.14. The molecule has 2 nitrogen and oxygen atoms in total. The molecule has 3 N–H and O–H groups in total. The Morgan fingerprint density at radius 3 is 2.13 bits per heavy atom. The minimum Gasteiger partial charge on any atom is -0.380 e. The van der Waals surface area contributed by atoms with Gasteiger partial charge in [0.05, 0.1) is 0 Å². The van der Waals surface area contributed by atoms with Gasteiger partial charge in [0.1, 0.15) is 0 Å². The molecule has 0 spiro atoms. The molecule has 1 saturated carbocycles. The summed E-state index contributed by atoms with van der Waals surface area (Å²) in [6, 6.07) is 9.06. The molecule has 2 atom stereocenters. The molecule has 0 aliphatic heterocycles. The Hall–Kier alpha value is -1.02. The Kier molecular flexibility index (Phi) is 2.47. The smallest absolute Gasteiger partial charge is 0.0344 e. The van der Waals surface area contributed by atoms with E-state index in [-0.39, 0.29) is 5.54 Å². The van der Waals surface area contributed by atoms with E-state index >= 15 is 0 Å². The lowest BCUT2D eigenvalue weighted by Crippen LogP contribution is -2.25. The molecule has 0 saturated heterocycles. The molecule has 1 aliphatic rings. The summed E-state index contributed by atoms with van der Waals surface area (Å²) in [5.74, 6) is 0.605. The first-order valence-corrected chi connectivity index (χ1v) is 5.59. The zero-order valence-electron chi connectivity index (χ0n) is 9.75. The SMILES string of the molecule is CC(C)(C)Nc1ccc(C2C[C@H]2N)cc1. The Morgan fingerprint density at radius 1 is 1.20 bits per heavy atom. The van der Waals surface area contributed by atoms with E-state index in [1.807, 2.05) is 0 Å². The quantitative estimate of drug-likeness (QED) is 0.777. The summed E-state index contributed by atoms with van der Waals surface area (Å²) in [6.45, 7) is 6.49. The fourth-order valence-corrected chi connectivity index (χ4v) is 1.84. The van der Waals surface area contributed by atoms with Gasteiger partial charge in [0.2, 0.25) is 0 Å². The number of anilines is 1. The lowest BCUT2D eigenvalue weighted by atomic mass is 10.1. The highest BCUT2D eigenvalue weighted by Crippen LogP contribution is 2.39. The maximum absolute atomic E-state index is 5.82. The van der Waals surface area contributed by atoms with E-state index in [2.05, 4.69) is 50.4 Å². The van der Waals surface area contributed by atoms with Crippen LogP contribution in [0, 0.1) is 0 Å². The van der Waals surface area contributed by atoms with E-state index < -0.39 is 0 Å². The van der Waals surface area contributed by atoms with Gasteiger partial charge >= 0.3 is 0 Å². The van der Waals surface area contributed by atoms with Crippen molar-refractivity contribution in [2.24, 2.45) is 5.73 Å². The molecule has 15 heavy (non-hydrogen) atoms. The highest BCUT2D eigenvalue weighted by atomic mass is 14.9. The molecule has 82 valence electrons. The second-order valence-electron chi connectivity index (χ2n) is 5.50. The van der Waals surface area contributed by atoms with Crippen LogP contribution in [-0.2, 0) is 0 Å². The van der Waals surface area contributed by atoms with Crippen molar-refractivity contribution in [1.29, 1.82) is 0 Å². The normalized spacial score (nSPS) is 25.1. The predicted molar refractivity (Wildman–Crippen MR) is 65.2 cm³/mol. The van der Waals surface area contributed by atoms with Crippen LogP contribution in [-0.4, -0.2) is 11.6 Å². The van der Waals surface area contributed by atoms with E-state index in [1.54, 1.807) is 0 Å². The highest BCUT2D eigenvalue weighted by molar-refractivity contribution is 5.47. The van der Waals surface area contributed by atoms with Crippen LogP contribution >= 0.6 is 0 Å². The van der Waals surface area contributed by atoms with Gasteiger partial charge < -0.3 is 11.1 Å². The van der Waals surface area contributed by atoms with E-state index in [0.717, 1.165) is 6.42 Å². The molecule has 0 aromatic heterocycles. The molecule has 2 heteroatoms. The maximum Gasteiger partial charge on any atom is 0.0344 e. The molecule has 1 fully saturated rings. The van der Waals surface area contributed by atoms with Crippen LogP contribution < -0.4 is 11.1 Å². The first kappa shape index (κ1) is 10.5. The van der Waals surface area contributed by atoms with Crippen LogP contribution in [0.25, 0.3) is 0 Å². The van der Waals surface area contributed by atoms with Gasteiger partial charge in [-0.25, -0.2) is 0 Å². The number of rotatable bonds is 2. The van der Waals surface area contributed by atoms with Crippen LogP contribution in [0.3, 0.4) is 0 Å². The van der Waals surface area contributed by atoms with Crippen molar-refractivity contribution in [3.63, 3.8) is 0 Å². The summed E-state index contributed by atoms with van der Waals surface area (Å²) in [7, 11) is 0. The van der Waals surface area contributed by atoms with Crippen LogP contribution in [0.15, 0.2) is 24.3 Å². The molecule has 1 unspecified atom stereocenters. The van der Waals surface area contributed by atoms with Crippen molar-refractivity contribution in [2.75, 3.05) is 5.32 Å². The molecular weight excluding hydrogens is 184 g/mol. The van der Waals surface area contributed by atoms with Gasteiger partial charge in [0, 0.05) is 23.2 Å². The number of hydrogen-bond acceptors (Lipinski definition) is 2. The van der Waals surface area contributed by atoms with Gasteiger partial charge in [-0.2, -0.15) is 0 Å². The lowest BCUT2D eigenvalue weighted by molar-refractivity contribution is 0.634. The molecule has 0 radical (unpaired) electrons. The standard InChI is InChI=1S/C13H20N2/c1-13(2,3)15-10-6-4-9(5-7-10)11-8-12(11)14/h4-7,11-12,15H,8,14H2,1-3H3/t11?,12-/m1/s1. The Balaban J connectivity index is 2.04. The Morgan fingerprint density at radius 2 is 1.73 bits per heavy atom. The fourth-order valence-electron chi connectivity index (χ4n) is 1.84. The van der Waals surface area contributed by atoms with Gasteiger partial charge in [-0.15, -0.1) is 0 Å². The molecule has 1 aromatic rings. The number of benzene rings is 1. The number of nitrogens with two attached hydrogens (primary N) is 1. The third kappa shape index (κ3) is 2.72. The molecule has 1 aliphatic carbocycles. The topological polar surface area (TPSA) is 38.0 Å². The van der Waals surface area contributed by atoms with E-state index in [9.17, 15) is 0 Å². The van der Waals surface area contributed by atoms with E-state index in [4.69, 9.17) is 5.73 Å². The minimum absolute atomic E-state index is 0.123.